The van der Waals surface area contributed by atoms with Crippen LogP contribution in [0.1, 0.15) is 71.4 Å². The van der Waals surface area contributed by atoms with Crippen LogP contribution in [0.4, 0.5) is 5.82 Å². The number of Topliss-reactive ketones (excluding diaryl/α,β-unsaturated/α-hetero) is 1. The topological polar surface area (TPSA) is 106 Å². The third kappa shape index (κ3) is 6.42. The van der Waals surface area contributed by atoms with E-state index >= 15 is 0 Å². The zero-order chi connectivity index (χ0) is 23.8. The number of ketones is 1. The van der Waals surface area contributed by atoms with E-state index in [1.165, 1.54) is 6.20 Å². The molecule has 1 aromatic heterocycles. The van der Waals surface area contributed by atoms with Gasteiger partial charge in [-0.3, -0.25) is 9.59 Å². The van der Waals surface area contributed by atoms with Crippen molar-refractivity contribution >= 4 is 17.5 Å². The number of nitrogens with one attached hydrogen (secondary N) is 2. The number of amides is 1. The highest BCUT2D eigenvalue weighted by Crippen LogP contribution is 2.32. The Labute approximate surface area is 195 Å². The van der Waals surface area contributed by atoms with E-state index in [9.17, 15) is 9.59 Å². The van der Waals surface area contributed by atoms with Gasteiger partial charge in [-0.2, -0.15) is 0 Å². The first-order valence-corrected chi connectivity index (χ1v) is 11.5. The van der Waals surface area contributed by atoms with Crippen LogP contribution in [0.15, 0.2) is 43.1 Å². The highest BCUT2D eigenvalue weighted by atomic mass is 16.5. The van der Waals surface area contributed by atoms with Gasteiger partial charge in [-0.15, -0.1) is 6.58 Å². The summed E-state index contributed by atoms with van der Waals surface area (Å²) in [5.41, 5.74) is 5.90. The number of nitrogens with two attached hydrogens (primary N) is 1. The van der Waals surface area contributed by atoms with Crippen molar-refractivity contribution in [3.63, 3.8) is 0 Å². The number of hydrogen-bond acceptors (Lipinski definition) is 6. The number of benzene rings is 1. The Morgan fingerprint density at radius 1 is 1.27 bits per heavy atom. The van der Waals surface area contributed by atoms with E-state index in [-0.39, 0.29) is 17.1 Å². The van der Waals surface area contributed by atoms with Gasteiger partial charge in [-0.1, -0.05) is 19.9 Å². The molecule has 33 heavy (non-hydrogen) atoms. The van der Waals surface area contributed by atoms with Gasteiger partial charge >= 0.3 is 0 Å². The number of fused-ring (bicyclic) bond motifs is 1. The van der Waals surface area contributed by atoms with Gasteiger partial charge < -0.3 is 15.5 Å². The molecule has 0 bridgehead atoms. The van der Waals surface area contributed by atoms with E-state index in [1.807, 2.05) is 18.2 Å². The molecule has 1 aromatic carbocycles. The molecule has 0 atom stereocenters. The number of nitrogens with zero attached hydrogens (tertiary/aromatic N) is 1. The lowest BCUT2D eigenvalue weighted by Gasteiger charge is -2.25. The van der Waals surface area contributed by atoms with Crippen LogP contribution >= 0.6 is 0 Å². The van der Waals surface area contributed by atoms with Crippen LogP contribution in [0.5, 0.6) is 5.75 Å². The first-order valence-electron chi connectivity index (χ1n) is 11.5. The molecule has 0 aliphatic heterocycles. The molecule has 1 aliphatic carbocycles. The maximum atomic E-state index is 12.4. The van der Waals surface area contributed by atoms with Crippen LogP contribution in [-0.4, -0.2) is 29.8 Å². The van der Waals surface area contributed by atoms with Crippen LogP contribution < -0.4 is 21.3 Å². The summed E-state index contributed by atoms with van der Waals surface area (Å²) in [6.07, 6.45) is 8.23. The molecule has 0 unspecified atom stereocenters. The number of carbonyl (C=O) groups excluding carboxylic acids is 2. The lowest BCUT2D eigenvalue weighted by molar-refractivity contribution is 0.0931. The van der Waals surface area contributed by atoms with Crippen molar-refractivity contribution in [1.29, 1.82) is 0 Å². The Kier molecular flexibility index (Phi) is 8.22. The van der Waals surface area contributed by atoms with Crippen molar-refractivity contribution in [1.82, 2.24) is 10.3 Å². The van der Waals surface area contributed by atoms with Crippen molar-refractivity contribution in [3.05, 3.63) is 65.4 Å². The minimum Gasteiger partial charge on any atom is -0.493 e. The molecule has 0 radical (unpaired) electrons. The zero-order valence-corrected chi connectivity index (χ0v) is 19.6. The first kappa shape index (κ1) is 24.5. The minimum atomic E-state index is -0.159. The summed E-state index contributed by atoms with van der Waals surface area (Å²) < 4.78 is 6.13. The summed E-state index contributed by atoms with van der Waals surface area (Å²) in [6.45, 7) is 9.24. The van der Waals surface area contributed by atoms with Gasteiger partial charge in [0.1, 0.15) is 11.6 Å². The second-order valence-corrected chi connectivity index (χ2v) is 9.21. The average Bonchev–Trinajstić information content (AvgIpc) is 2.82. The van der Waals surface area contributed by atoms with Gasteiger partial charge in [0.15, 0.2) is 5.78 Å². The average molecular weight is 451 g/mol. The quantitative estimate of drug-likeness (QED) is 0.205. The Hall–Kier alpha value is -3.19. The lowest BCUT2D eigenvalue weighted by Crippen LogP contribution is -2.34. The summed E-state index contributed by atoms with van der Waals surface area (Å²) in [5, 5.41) is 2.99. The van der Waals surface area contributed by atoms with E-state index in [4.69, 9.17) is 10.6 Å². The van der Waals surface area contributed by atoms with E-state index in [2.05, 4.69) is 36.2 Å². The fourth-order valence-corrected chi connectivity index (χ4v) is 4.14. The van der Waals surface area contributed by atoms with Gasteiger partial charge in [0.05, 0.1) is 12.2 Å². The van der Waals surface area contributed by atoms with E-state index < -0.39 is 0 Å². The number of nitrogen functional groups attached to an aromatic ring is 1. The molecule has 4 N–H and O–H groups in total. The number of carbonyl (C=O) groups is 2. The Morgan fingerprint density at radius 3 is 2.79 bits per heavy atom. The molecule has 2 aromatic rings. The van der Waals surface area contributed by atoms with Crippen molar-refractivity contribution in [2.75, 3.05) is 18.6 Å². The minimum absolute atomic E-state index is 0.0859. The van der Waals surface area contributed by atoms with Crippen molar-refractivity contribution in [2.45, 2.75) is 52.4 Å². The van der Waals surface area contributed by atoms with Crippen LogP contribution in [0.3, 0.4) is 0 Å². The molecule has 7 heteroatoms. The second kappa shape index (κ2) is 11.1. The molecule has 1 aliphatic rings. The standard InChI is InChI=1S/C26H34N4O3/c1-4-7-21-19-8-5-9-22(31)20(19)11-12-23(21)33-15-6-14-26(2,3)17-29-25(32)18-10-13-24(30-27)28-16-18/h4,10-13,16H,1,5-9,14-15,17,27H2,2-3H3,(H,28,30)(H,29,32). The number of pyridine rings is 1. The molecule has 0 saturated carbocycles. The van der Waals surface area contributed by atoms with E-state index in [1.54, 1.807) is 12.1 Å². The normalized spacial score (nSPS) is 13.2. The maximum absolute atomic E-state index is 12.4. The monoisotopic (exact) mass is 450 g/mol. The Balaban J connectivity index is 1.50. The van der Waals surface area contributed by atoms with Crippen molar-refractivity contribution < 1.29 is 14.3 Å². The highest BCUT2D eigenvalue weighted by Gasteiger charge is 2.23. The van der Waals surface area contributed by atoms with Crippen molar-refractivity contribution in [2.24, 2.45) is 11.3 Å². The fraction of sp³-hybridized carbons (Fsp3) is 0.423. The highest BCUT2D eigenvalue weighted by molar-refractivity contribution is 5.99. The molecule has 176 valence electrons. The summed E-state index contributed by atoms with van der Waals surface area (Å²) >= 11 is 0. The SMILES string of the molecule is C=CCc1c(OCCCC(C)(C)CNC(=O)c2ccc(NN)nc2)ccc2c1CCCC2=O. The maximum Gasteiger partial charge on any atom is 0.252 e. The van der Waals surface area contributed by atoms with E-state index in [0.29, 0.717) is 37.4 Å². The molecular weight excluding hydrogens is 416 g/mol. The molecule has 0 spiro atoms. The summed E-state index contributed by atoms with van der Waals surface area (Å²) in [7, 11) is 0. The van der Waals surface area contributed by atoms with E-state index in [0.717, 1.165) is 48.1 Å². The second-order valence-electron chi connectivity index (χ2n) is 9.21. The molecule has 1 amide bonds. The predicted octanol–water partition coefficient (Wildman–Crippen LogP) is 4.23. The summed E-state index contributed by atoms with van der Waals surface area (Å²) in [5.74, 6) is 6.72. The van der Waals surface area contributed by atoms with Gasteiger partial charge in [-0.25, -0.2) is 10.8 Å². The number of hydrogen-bond donors (Lipinski definition) is 3. The van der Waals surface area contributed by atoms with Gasteiger partial charge in [0, 0.05) is 30.3 Å². The van der Waals surface area contributed by atoms with Crippen LogP contribution in [0, 0.1) is 5.41 Å². The molecule has 0 fully saturated rings. The zero-order valence-electron chi connectivity index (χ0n) is 19.6. The number of aromatic nitrogens is 1. The smallest absolute Gasteiger partial charge is 0.252 e. The number of anilines is 1. The van der Waals surface area contributed by atoms with Gasteiger partial charge in [0.2, 0.25) is 0 Å². The number of hydrazine groups is 1. The fourth-order valence-electron chi connectivity index (χ4n) is 4.14. The van der Waals surface area contributed by atoms with Crippen LogP contribution in [0.2, 0.25) is 0 Å². The number of allylic oxidation sites excluding steroid dienone is 1. The molecule has 7 nitrogen and oxygen atoms in total. The first-order chi connectivity index (χ1) is 15.8. The molecule has 1 heterocycles. The molecular formula is C26H34N4O3. The number of ether oxygens (including phenoxy) is 1. The largest absolute Gasteiger partial charge is 0.493 e. The lowest BCUT2D eigenvalue weighted by atomic mass is 9.86. The van der Waals surface area contributed by atoms with Gasteiger partial charge in [0.25, 0.3) is 5.91 Å². The van der Waals surface area contributed by atoms with Crippen LogP contribution in [-0.2, 0) is 12.8 Å². The summed E-state index contributed by atoms with van der Waals surface area (Å²) in [6, 6.07) is 7.18. The molecule has 0 saturated heterocycles. The van der Waals surface area contributed by atoms with Crippen molar-refractivity contribution in [3.8, 4) is 5.75 Å². The van der Waals surface area contributed by atoms with Crippen LogP contribution in [0.25, 0.3) is 0 Å². The Bertz CT molecular complexity index is 999. The van der Waals surface area contributed by atoms with Gasteiger partial charge in [-0.05, 0) is 67.3 Å². The third-order valence-electron chi connectivity index (χ3n) is 6.02. The molecule has 3 rings (SSSR count). The predicted molar refractivity (Wildman–Crippen MR) is 131 cm³/mol. The summed E-state index contributed by atoms with van der Waals surface area (Å²) in [4.78, 5) is 28.7. The third-order valence-corrected chi connectivity index (χ3v) is 6.02. The number of rotatable bonds is 11. The Morgan fingerprint density at radius 2 is 2.09 bits per heavy atom.